The van der Waals surface area contributed by atoms with Gasteiger partial charge < -0.3 is 34.6 Å². The normalized spacial score (nSPS) is 42.6. The SMILES string of the molecule is COC1C=CC(=CC#N)C(OC2OC(CO)C(O)C(O)C2O)C1. The topological polar surface area (TPSA) is 132 Å². The molecule has 0 saturated carbocycles. The highest BCUT2D eigenvalue weighted by molar-refractivity contribution is 5.32. The fraction of sp³-hybridized carbons (Fsp3) is 0.667. The average Bonchev–Trinajstić information content (AvgIpc) is 2.57. The van der Waals surface area contributed by atoms with Gasteiger partial charge in [0.15, 0.2) is 6.29 Å². The number of nitriles is 1. The molecule has 8 nitrogen and oxygen atoms in total. The lowest BCUT2D eigenvalue weighted by Gasteiger charge is -2.41. The molecule has 1 heterocycles. The van der Waals surface area contributed by atoms with Crippen LogP contribution in [0.4, 0.5) is 0 Å². The number of aliphatic hydroxyl groups is 4. The zero-order chi connectivity index (χ0) is 17.0. The largest absolute Gasteiger partial charge is 0.394 e. The molecule has 1 aliphatic heterocycles. The Morgan fingerprint density at radius 3 is 2.70 bits per heavy atom. The van der Waals surface area contributed by atoms with Crippen molar-refractivity contribution in [2.75, 3.05) is 13.7 Å². The fourth-order valence-electron chi connectivity index (χ4n) is 2.62. The van der Waals surface area contributed by atoms with Crippen molar-refractivity contribution in [1.29, 1.82) is 5.26 Å². The van der Waals surface area contributed by atoms with E-state index < -0.39 is 43.4 Å². The van der Waals surface area contributed by atoms with Crippen LogP contribution in [0.25, 0.3) is 0 Å². The number of rotatable bonds is 4. The number of methoxy groups -OCH3 is 1. The molecular weight excluding hydrogens is 306 g/mol. The van der Waals surface area contributed by atoms with E-state index in [1.807, 2.05) is 6.07 Å². The standard InChI is InChI=1S/C15H21NO7/c1-21-9-3-2-8(4-5-16)10(6-9)22-15-14(20)13(19)12(18)11(7-17)23-15/h2-4,9-15,17-20H,6-7H2,1H3. The molecule has 0 amide bonds. The summed E-state index contributed by atoms with van der Waals surface area (Å²) in [4.78, 5) is 0. The molecule has 128 valence electrons. The highest BCUT2D eigenvalue weighted by Crippen LogP contribution is 2.28. The summed E-state index contributed by atoms with van der Waals surface area (Å²) in [6, 6.07) is 1.92. The highest BCUT2D eigenvalue weighted by Gasteiger charge is 2.45. The molecular formula is C15H21NO7. The summed E-state index contributed by atoms with van der Waals surface area (Å²) in [5, 5.41) is 47.6. The monoisotopic (exact) mass is 327 g/mol. The average molecular weight is 327 g/mol. The molecule has 0 aromatic rings. The molecule has 0 spiro atoms. The van der Waals surface area contributed by atoms with E-state index >= 15 is 0 Å². The quantitative estimate of drug-likeness (QED) is 0.463. The Morgan fingerprint density at radius 2 is 2.09 bits per heavy atom. The minimum atomic E-state index is -1.51. The van der Waals surface area contributed by atoms with Crippen LogP contribution in [-0.2, 0) is 14.2 Å². The van der Waals surface area contributed by atoms with Crippen LogP contribution >= 0.6 is 0 Å². The van der Waals surface area contributed by atoms with E-state index in [0.29, 0.717) is 12.0 Å². The number of hydrogen-bond donors (Lipinski definition) is 4. The minimum absolute atomic E-state index is 0.222. The summed E-state index contributed by atoms with van der Waals surface area (Å²) in [6.45, 7) is -0.531. The molecule has 1 fully saturated rings. The third kappa shape index (κ3) is 3.97. The smallest absolute Gasteiger partial charge is 0.187 e. The Morgan fingerprint density at radius 1 is 1.35 bits per heavy atom. The zero-order valence-electron chi connectivity index (χ0n) is 12.6. The first-order valence-electron chi connectivity index (χ1n) is 7.28. The molecule has 0 aromatic heterocycles. The molecule has 0 radical (unpaired) electrons. The van der Waals surface area contributed by atoms with E-state index in [2.05, 4.69) is 0 Å². The van der Waals surface area contributed by atoms with Gasteiger partial charge in [-0.15, -0.1) is 0 Å². The first-order chi connectivity index (χ1) is 11.0. The van der Waals surface area contributed by atoms with E-state index in [1.165, 1.54) is 6.08 Å². The summed E-state index contributed by atoms with van der Waals surface area (Å²) in [5.41, 5.74) is 0.581. The summed E-state index contributed by atoms with van der Waals surface area (Å²) >= 11 is 0. The Hall–Kier alpha value is -1.31. The van der Waals surface area contributed by atoms with Gasteiger partial charge in [-0.1, -0.05) is 12.2 Å². The lowest BCUT2D eigenvalue weighted by atomic mass is 9.95. The van der Waals surface area contributed by atoms with Gasteiger partial charge in [-0.25, -0.2) is 0 Å². The van der Waals surface area contributed by atoms with Crippen molar-refractivity contribution in [3.63, 3.8) is 0 Å². The molecule has 0 aromatic carbocycles. The molecule has 7 unspecified atom stereocenters. The van der Waals surface area contributed by atoms with Crippen LogP contribution in [0.1, 0.15) is 6.42 Å². The van der Waals surface area contributed by atoms with Crippen LogP contribution in [0.2, 0.25) is 0 Å². The third-order valence-electron chi connectivity index (χ3n) is 4.00. The maximum Gasteiger partial charge on any atom is 0.187 e. The number of aliphatic hydroxyl groups excluding tert-OH is 4. The summed E-state index contributed by atoms with van der Waals surface area (Å²) in [5.74, 6) is 0. The lowest BCUT2D eigenvalue weighted by molar-refractivity contribution is -0.309. The van der Waals surface area contributed by atoms with E-state index in [4.69, 9.17) is 19.5 Å². The second kappa shape index (κ2) is 7.99. The van der Waals surface area contributed by atoms with Gasteiger partial charge in [0.2, 0.25) is 0 Å². The van der Waals surface area contributed by atoms with Crippen molar-refractivity contribution in [3.05, 3.63) is 23.8 Å². The molecule has 1 aliphatic carbocycles. The number of ether oxygens (including phenoxy) is 3. The minimum Gasteiger partial charge on any atom is -0.394 e. The summed E-state index contributed by atoms with van der Waals surface area (Å²) in [6.07, 6.45) is -2.34. The van der Waals surface area contributed by atoms with E-state index in [-0.39, 0.29) is 6.10 Å². The Labute approximate surface area is 133 Å². The van der Waals surface area contributed by atoms with E-state index in [1.54, 1.807) is 19.3 Å². The van der Waals surface area contributed by atoms with Crippen LogP contribution in [0.3, 0.4) is 0 Å². The zero-order valence-corrected chi connectivity index (χ0v) is 12.6. The van der Waals surface area contributed by atoms with Crippen molar-refractivity contribution in [3.8, 4) is 6.07 Å². The first kappa shape index (κ1) is 18.0. The number of nitrogens with zero attached hydrogens (tertiary/aromatic N) is 1. The predicted octanol–water partition coefficient (Wildman–Crippen LogP) is -1.40. The van der Waals surface area contributed by atoms with Crippen molar-refractivity contribution in [2.24, 2.45) is 0 Å². The number of hydrogen-bond acceptors (Lipinski definition) is 8. The molecule has 2 rings (SSSR count). The van der Waals surface area contributed by atoms with Gasteiger partial charge in [-0.2, -0.15) is 5.26 Å². The van der Waals surface area contributed by atoms with E-state index in [0.717, 1.165) is 0 Å². The maximum atomic E-state index is 10.0. The molecule has 7 atom stereocenters. The Bertz CT molecular complexity index is 499. The fourth-order valence-corrected chi connectivity index (χ4v) is 2.62. The van der Waals surface area contributed by atoms with Crippen LogP contribution in [0.5, 0.6) is 0 Å². The molecule has 4 N–H and O–H groups in total. The van der Waals surface area contributed by atoms with Crippen molar-refractivity contribution < 1.29 is 34.6 Å². The molecule has 0 bridgehead atoms. The van der Waals surface area contributed by atoms with Gasteiger partial charge in [-0.3, -0.25) is 0 Å². The predicted molar refractivity (Wildman–Crippen MR) is 76.9 cm³/mol. The van der Waals surface area contributed by atoms with Gasteiger partial charge >= 0.3 is 0 Å². The number of allylic oxidation sites excluding steroid dienone is 1. The lowest BCUT2D eigenvalue weighted by Crippen LogP contribution is -2.59. The second-order valence-corrected chi connectivity index (χ2v) is 5.46. The van der Waals surface area contributed by atoms with Crippen molar-refractivity contribution >= 4 is 0 Å². The van der Waals surface area contributed by atoms with E-state index in [9.17, 15) is 20.4 Å². The van der Waals surface area contributed by atoms with Crippen molar-refractivity contribution in [2.45, 2.75) is 49.3 Å². The van der Waals surface area contributed by atoms with Gasteiger partial charge in [0.1, 0.15) is 24.4 Å². The van der Waals surface area contributed by atoms with Gasteiger partial charge in [-0.05, 0) is 5.57 Å². The maximum absolute atomic E-state index is 10.0. The van der Waals surface area contributed by atoms with Crippen LogP contribution < -0.4 is 0 Å². The second-order valence-electron chi connectivity index (χ2n) is 5.46. The van der Waals surface area contributed by atoms with Gasteiger partial charge in [0.25, 0.3) is 0 Å². The highest BCUT2D eigenvalue weighted by atomic mass is 16.7. The summed E-state index contributed by atoms with van der Waals surface area (Å²) < 4.78 is 16.2. The molecule has 8 heteroatoms. The Kier molecular flexibility index (Phi) is 6.26. The molecule has 1 saturated heterocycles. The van der Waals surface area contributed by atoms with Gasteiger partial charge in [0.05, 0.1) is 24.9 Å². The van der Waals surface area contributed by atoms with Crippen LogP contribution in [0.15, 0.2) is 23.8 Å². The first-order valence-corrected chi connectivity index (χ1v) is 7.28. The third-order valence-corrected chi connectivity index (χ3v) is 4.00. The van der Waals surface area contributed by atoms with Crippen LogP contribution in [-0.4, -0.2) is 77.1 Å². The summed E-state index contributed by atoms with van der Waals surface area (Å²) in [7, 11) is 1.54. The molecule has 2 aliphatic rings. The molecule has 23 heavy (non-hydrogen) atoms. The van der Waals surface area contributed by atoms with Crippen molar-refractivity contribution in [1.82, 2.24) is 0 Å². The van der Waals surface area contributed by atoms with Gasteiger partial charge in [0, 0.05) is 19.6 Å². The van der Waals surface area contributed by atoms with Crippen LogP contribution in [0, 0.1) is 11.3 Å². The Balaban J connectivity index is 2.13.